The molecular formula is C18H15BrCl2O4. The largest absolute Gasteiger partial charge is 0.488 e. The van der Waals surface area contributed by atoms with E-state index in [0.29, 0.717) is 21.5 Å². The van der Waals surface area contributed by atoms with Gasteiger partial charge in [0.25, 0.3) is 0 Å². The van der Waals surface area contributed by atoms with Gasteiger partial charge in [-0.3, -0.25) is 4.79 Å². The number of halogens is 3. The molecule has 0 amide bonds. The van der Waals surface area contributed by atoms with E-state index < -0.39 is 6.10 Å². The molecule has 1 aliphatic heterocycles. The van der Waals surface area contributed by atoms with Crippen LogP contribution in [0.3, 0.4) is 0 Å². The minimum absolute atomic E-state index is 0.258. The van der Waals surface area contributed by atoms with Crippen LogP contribution in [0.2, 0.25) is 10.0 Å². The Morgan fingerprint density at radius 2 is 2.04 bits per heavy atom. The maximum atomic E-state index is 11.3. The minimum atomic E-state index is -0.427. The van der Waals surface area contributed by atoms with Crippen LogP contribution in [0.5, 0.6) is 11.5 Å². The molecule has 3 rings (SSSR count). The second-order valence-corrected chi connectivity index (χ2v) is 7.40. The van der Waals surface area contributed by atoms with E-state index in [-0.39, 0.29) is 18.7 Å². The summed E-state index contributed by atoms with van der Waals surface area (Å²) < 4.78 is 17.7. The molecule has 0 radical (unpaired) electrons. The van der Waals surface area contributed by atoms with E-state index in [2.05, 4.69) is 15.9 Å². The normalized spacial score (nSPS) is 18.4. The third-order valence-electron chi connectivity index (χ3n) is 3.80. The monoisotopic (exact) mass is 444 g/mol. The van der Waals surface area contributed by atoms with Crippen LogP contribution < -0.4 is 9.47 Å². The van der Waals surface area contributed by atoms with Crippen molar-refractivity contribution in [2.45, 2.75) is 32.7 Å². The number of hydrogen-bond donors (Lipinski definition) is 0. The van der Waals surface area contributed by atoms with Gasteiger partial charge in [0.2, 0.25) is 0 Å². The number of esters is 1. The predicted octanol–water partition coefficient (Wildman–Crippen LogP) is 5.72. The number of benzene rings is 2. The molecule has 0 saturated carbocycles. The van der Waals surface area contributed by atoms with Crippen LogP contribution in [0.25, 0.3) is 0 Å². The van der Waals surface area contributed by atoms with E-state index in [0.717, 1.165) is 15.6 Å². The molecule has 0 bridgehead atoms. The molecule has 1 aliphatic rings. The Kier molecular flexibility index (Phi) is 5.46. The van der Waals surface area contributed by atoms with E-state index in [4.69, 9.17) is 37.4 Å². The highest BCUT2D eigenvalue weighted by atomic mass is 79.9. The van der Waals surface area contributed by atoms with Crippen molar-refractivity contribution in [2.24, 2.45) is 0 Å². The first-order valence-corrected chi connectivity index (χ1v) is 9.14. The number of hydrogen-bond acceptors (Lipinski definition) is 4. The maximum absolute atomic E-state index is 11.3. The molecule has 1 unspecified atom stereocenters. The highest BCUT2D eigenvalue weighted by molar-refractivity contribution is 9.10. The summed E-state index contributed by atoms with van der Waals surface area (Å²) in [5, 5.41) is 1.12. The van der Waals surface area contributed by atoms with Gasteiger partial charge >= 0.3 is 5.97 Å². The Bertz CT molecular complexity index is 825. The smallest absolute Gasteiger partial charge is 0.303 e. The second-order valence-electron chi connectivity index (χ2n) is 5.70. The highest BCUT2D eigenvalue weighted by Crippen LogP contribution is 2.44. The van der Waals surface area contributed by atoms with Gasteiger partial charge in [-0.25, -0.2) is 0 Å². The van der Waals surface area contributed by atoms with Crippen molar-refractivity contribution in [2.75, 3.05) is 0 Å². The average Bonchev–Trinajstić information content (AvgIpc) is 2.81. The lowest BCUT2D eigenvalue weighted by Crippen LogP contribution is -2.18. The summed E-state index contributed by atoms with van der Waals surface area (Å²) in [6, 6.07) is 8.89. The molecule has 0 aliphatic carbocycles. The van der Waals surface area contributed by atoms with Crippen molar-refractivity contribution in [3.63, 3.8) is 0 Å². The van der Waals surface area contributed by atoms with E-state index in [1.807, 2.05) is 19.1 Å². The van der Waals surface area contributed by atoms with Crippen molar-refractivity contribution >= 4 is 45.1 Å². The Morgan fingerprint density at radius 1 is 1.28 bits per heavy atom. The van der Waals surface area contributed by atoms with Gasteiger partial charge in [-0.15, -0.1) is 0 Å². The van der Waals surface area contributed by atoms with Crippen LogP contribution in [0.1, 0.15) is 31.1 Å². The third kappa shape index (κ3) is 4.05. The topological polar surface area (TPSA) is 44.8 Å². The first-order valence-electron chi connectivity index (χ1n) is 7.59. The summed E-state index contributed by atoms with van der Waals surface area (Å²) in [4.78, 5) is 11.3. The molecule has 0 saturated heterocycles. The Morgan fingerprint density at radius 3 is 2.72 bits per heavy atom. The zero-order chi connectivity index (χ0) is 18.1. The molecule has 1 heterocycles. The van der Waals surface area contributed by atoms with Crippen molar-refractivity contribution in [3.8, 4) is 11.5 Å². The van der Waals surface area contributed by atoms with Crippen LogP contribution in [-0.2, 0) is 16.1 Å². The van der Waals surface area contributed by atoms with Crippen LogP contribution >= 0.6 is 39.1 Å². The first kappa shape index (κ1) is 18.4. The minimum Gasteiger partial charge on any atom is -0.488 e. The number of fused-ring (bicyclic) bond motifs is 1. The van der Waals surface area contributed by atoms with E-state index in [1.165, 1.54) is 6.92 Å². The van der Waals surface area contributed by atoms with E-state index >= 15 is 0 Å². The van der Waals surface area contributed by atoms with Crippen LogP contribution in [0.4, 0.5) is 0 Å². The molecule has 25 heavy (non-hydrogen) atoms. The zero-order valence-electron chi connectivity index (χ0n) is 13.5. The molecule has 2 atom stereocenters. The summed E-state index contributed by atoms with van der Waals surface area (Å²) in [7, 11) is 0. The number of carbonyl (C=O) groups is 1. The van der Waals surface area contributed by atoms with Crippen LogP contribution in [-0.4, -0.2) is 12.1 Å². The van der Waals surface area contributed by atoms with Crippen LogP contribution in [0, 0.1) is 0 Å². The van der Waals surface area contributed by atoms with Crippen molar-refractivity contribution in [1.29, 1.82) is 0 Å². The molecule has 2 aromatic rings. The lowest BCUT2D eigenvalue weighted by molar-refractivity contribution is -0.149. The highest BCUT2D eigenvalue weighted by Gasteiger charge is 2.35. The van der Waals surface area contributed by atoms with Gasteiger partial charge in [-0.1, -0.05) is 29.3 Å². The van der Waals surface area contributed by atoms with Gasteiger partial charge < -0.3 is 14.2 Å². The van der Waals surface area contributed by atoms with Crippen molar-refractivity contribution in [1.82, 2.24) is 0 Å². The van der Waals surface area contributed by atoms with Gasteiger partial charge in [0.15, 0.2) is 6.10 Å². The third-order valence-corrected chi connectivity index (χ3v) is 5.01. The van der Waals surface area contributed by atoms with Gasteiger partial charge in [0.1, 0.15) is 24.2 Å². The average molecular weight is 446 g/mol. The second kappa shape index (κ2) is 7.44. The molecule has 7 heteroatoms. The zero-order valence-corrected chi connectivity index (χ0v) is 16.6. The summed E-state index contributed by atoms with van der Waals surface area (Å²) in [6.45, 7) is 3.53. The fourth-order valence-electron chi connectivity index (χ4n) is 2.63. The standard InChI is InChI=1S/C18H15BrCl2O4/c1-9-18(25-10(2)22)13-6-14(19)17(7-16(13)24-9)23-8-11-3-4-12(20)5-15(11)21/h3-7,9,18H,8H2,1-2H3/t9?,18-/m1/s1. The molecule has 2 aromatic carbocycles. The lowest BCUT2D eigenvalue weighted by Gasteiger charge is -2.14. The molecular weight excluding hydrogens is 431 g/mol. The molecule has 0 N–H and O–H groups in total. The summed E-state index contributed by atoms with van der Waals surface area (Å²) in [5.41, 5.74) is 1.64. The summed E-state index contributed by atoms with van der Waals surface area (Å²) >= 11 is 15.6. The Balaban J connectivity index is 1.80. The summed E-state index contributed by atoms with van der Waals surface area (Å²) in [5.74, 6) is 0.904. The Labute approximate surface area is 164 Å². The first-order chi connectivity index (χ1) is 11.8. The molecule has 132 valence electrons. The number of ether oxygens (including phenoxy) is 3. The fraction of sp³-hybridized carbons (Fsp3) is 0.278. The molecule has 0 fully saturated rings. The van der Waals surface area contributed by atoms with E-state index in [1.54, 1.807) is 18.2 Å². The number of carbonyl (C=O) groups excluding carboxylic acids is 1. The molecule has 0 spiro atoms. The molecule has 4 nitrogen and oxygen atoms in total. The van der Waals surface area contributed by atoms with Crippen molar-refractivity contribution < 1.29 is 19.0 Å². The van der Waals surface area contributed by atoms with Gasteiger partial charge in [-0.2, -0.15) is 0 Å². The van der Waals surface area contributed by atoms with Gasteiger partial charge in [0.05, 0.1) is 4.47 Å². The van der Waals surface area contributed by atoms with Gasteiger partial charge in [0, 0.05) is 34.2 Å². The van der Waals surface area contributed by atoms with Crippen molar-refractivity contribution in [3.05, 3.63) is 56.0 Å². The summed E-state index contributed by atoms with van der Waals surface area (Å²) in [6.07, 6.45) is -0.685. The van der Waals surface area contributed by atoms with E-state index in [9.17, 15) is 4.79 Å². The number of rotatable bonds is 4. The molecule has 0 aromatic heterocycles. The Hall–Kier alpha value is -1.43. The fourth-order valence-corrected chi connectivity index (χ4v) is 3.57. The quantitative estimate of drug-likeness (QED) is 0.564. The maximum Gasteiger partial charge on any atom is 0.303 e. The SMILES string of the molecule is CC(=O)O[C@H]1c2cc(Br)c(OCc3ccc(Cl)cc3Cl)cc2OC1C. The predicted molar refractivity (Wildman–Crippen MR) is 99.5 cm³/mol. The lowest BCUT2D eigenvalue weighted by atomic mass is 10.1. The van der Waals surface area contributed by atoms with Crippen LogP contribution in [0.15, 0.2) is 34.8 Å². The van der Waals surface area contributed by atoms with Gasteiger partial charge in [-0.05, 0) is 41.1 Å².